The van der Waals surface area contributed by atoms with Gasteiger partial charge in [0.15, 0.2) is 0 Å². The number of hydrogen-bond donors (Lipinski definition) is 1. The van der Waals surface area contributed by atoms with Crippen molar-refractivity contribution in [1.82, 2.24) is 0 Å². The molecule has 0 heterocycles. The van der Waals surface area contributed by atoms with Crippen molar-refractivity contribution in [2.45, 2.75) is 13.8 Å². The highest BCUT2D eigenvalue weighted by atomic mass is 79.9. The molecule has 1 rings (SSSR count). The molecule has 0 spiro atoms. The summed E-state index contributed by atoms with van der Waals surface area (Å²) in [5.41, 5.74) is 7.56. The lowest BCUT2D eigenvalue weighted by molar-refractivity contribution is -0.255. The van der Waals surface area contributed by atoms with Crippen LogP contribution in [0.4, 0.5) is 5.69 Å². The maximum atomic E-state index is 3.88. The van der Waals surface area contributed by atoms with Crippen molar-refractivity contribution in [3.05, 3.63) is 29.3 Å². The van der Waals surface area contributed by atoms with Crippen LogP contribution >= 0.6 is 0 Å². The van der Waals surface area contributed by atoms with Crippen LogP contribution in [0.3, 0.4) is 0 Å². The summed E-state index contributed by atoms with van der Waals surface area (Å²) in [6, 6.07) is 6.29. The Labute approximate surface area is 72.0 Å². The second-order valence-electron chi connectivity index (χ2n) is 2.43. The van der Waals surface area contributed by atoms with Gasteiger partial charge in [0.25, 0.3) is 0 Å². The van der Waals surface area contributed by atoms with Gasteiger partial charge in [-0.1, -0.05) is 12.1 Å². The Morgan fingerprint density at radius 2 is 1.80 bits per heavy atom. The van der Waals surface area contributed by atoms with E-state index in [2.05, 4.69) is 37.8 Å². The third kappa shape index (κ3) is 2.12. The van der Waals surface area contributed by atoms with Gasteiger partial charge >= 0.3 is 0 Å². The van der Waals surface area contributed by atoms with Gasteiger partial charge in [0, 0.05) is 11.6 Å². The van der Waals surface area contributed by atoms with E-state index in [1.165, 1.54) is 11.1 Å². The average Bonchev–Trinajstić information content (AvgIpc) is 1.80. The summed E-state index contributed by atoms with van der Waals surface area (Å²) < 4.78 is 0. The zero-order valence-corrected chi connectivity index (χ0v) is 7.90. The number of aryl methyl sites for hydroxylation is 2. The molecule has 0 saturated carbocycles. The lowest BCUT2D eigenvalue weighted by atomic mass is 10.1. The largest absolute Gasteiger partial charge is 1.00 e. The number of benzene rings is 1. The van der Waals surface area contributed by atoms with Crippen LogP contribution in [0, 0.1) is 13.8 Å². The molecule has 10 heavy (non-hydrogen) atoms. The van der Waals surface area contributed by atoms with Gasteiger partial charge in [-0.05, 0) is 19.4 Å². The molecule has 0 aliphatic rings. The fourth-order valence-electron chi connectivity index (χ4n) is 0.800. The minimum atomic E-state index is 0. The molecule has 0 saturated heterocycles. The first-order valence-electron chi connectivity index (χ1n) is 3.09. The quantitative estimate of drug-likeness (QED) is 0.513. The molecular formula is C8H12BrN. The van der Waals surface area contributed by atoms with E-state index in [0.29, 0.717) is 0 Å². The van der Waals surface area contributed by atoms with E-state index in [4.69, 9.17) is 0 Å². The van der Waals surface area contributed by atoms with Crippen LogP contribution in [-0.2, 0) is 0 Å². The summed E-state index contributed by atoms with van der Waals surface area (Å²) in [4.78, 5) is 0. The highest BCUT2D eigenvalue weighted by Crippen LogP contribution is 2.09. The lowest BCUT2D eigenvalue weighted by Crippen LogP contribution is -3.00. The van der Waals surface area contributed by atoms with Crippen molar-refractivity contribution in [2.75, 3.05) is 0 Å². The van der Waals surface area contributed by atoms with E-state index < -0.39 is 0 Å². The first kappa shape index (κ1) is 9.66. The van der Waals surface area contributed by atoms with Crippen molar-refractivity contribution < 1.29 is 22.7 Å². The Balaban J connectivity index is 0.000000810. The van der Waals surface area contributed by atoms with E-state index in [-0.39, 0.29) is 17.0 Å². The third-order valence-electron chi connectivity index (χ3n) is 1.50. The summed E-state index contributed by atoms with van der Waals surface area (Å²) in [6.45, 7) is 4.15. The van der Waals surface area contributed by atoms with Gasteiger partial charge in [-0.3, -0.25) is 0 Å². The van der Waals surface area contributed by atoms with Gasteiger partial charge in [-0.25, -0.2) is 0 Å². The second-order valence-corrected chi connectivity index (χ2v) is 2.43. The van der Waals surface area contributed by atoms with Gasteiger partial charge in [-0.15, -0.1) is 0 Å². The summed E-state index contributed by atoms with van der Waals surface area (Å²) >= 11 is 0. The van der Waals surface area contributed by atoms with Crippen LogP contribution in [0.1, 0.15) is 11.1 Å². The average molecular weight is 202 g/mol. The molecule has 56 valence electrons. The molecule has 2 heteroatoms. The van der Waals surface area contributed by atoms with Crippen molar-refractivity contribution in [1.29, 1.82) is 0 Å². The fraction of sp³-hybridized carbons (Fsp3) is 0.250. The second kappa shape index (κ2) is 3.74. The van der Waals surface area contributed by atoms with Gasteiger partial charge in [0.2, 0.25) is 0 Å². The zero-order chi connectivity index (χ0) is 6.85. The number of hydrogen-bond acceptors (Lipinski definition) is 0. The molecule has 0 aromatic heterocycles. The summed E-state index contributed by atoms with van der Waals surface area (Å²) in [7, 11) is 0. The molecule has 1 aromatic carbocycles. The molecule has 0 fully saturated rings. The molecule has 0 unspecified atom stereocenters. The van der Waals surface area contributed by atoms with Crippen LogP contribution in [-0.4, -0.2) is 0 Å². The molecule has 1 nitrogen and oxygen atoms in total. The molecule has 0 amide bonds. The Morgan fingerprint density at radius 3 is 2.20 bits per heavy atom. The first-order chi connectivity index (χ1) is 4.20. The summed E-state index contributed by atoms with van der Waals surface area (Å²) in [5.74, 6) is 0. The predicted octanol–water partition coefficient (Wildman–Crippen LogP) is -1.82. The first-order valence-corrected chi connectivity index (χ1v) is 3.09. The highest BCUT2D eigenvalue weighted by molar-refractivity contribution is 5.40. The van der Waals surface area contributed by atoms with Crippen molar-refractivity contribution in [3.63, 3.8) is 0 Å². The van der Waals surface area contributed by atoms with E-state index in [1.807, 2.05) is 0 Å². The number of rotatable bonds is 0. The lowest BCUT2D eigenvalue weighted by Gasteiger charge is -1.94. The molecule has 1 aromatic rings. The van der Waals surface area contributed by atoms with Crippen LogP contribution in [0.2, 0.25) is 0 Å². The van der Waals surface area contributed by atoms with Gasteiger partial charge in [-0.2, -0.15) is 0 Å². The molecule has 3 N–H and O–H groups in total. The van der Waals surface area contributed by atoms with Crippen LogP contribution < -0.4 is 22.7 Å². The smallest absolute Gasteiger partial charge is 0.131 e. The monoisotopic (exact) mass is 201 g/mol. The number of quaternary nitrogens is 1. The third-order valence-corrected chi connectivity index (χ3v) is 1.50. The maximum absolute atomic E-state index is 3.88. The molecule has 0 atom stereocenters. The van der Waals surface area contributed by atoms with Crippen molar-refractivity contribution in [3.8, 4) is 0 Å². The Morgan fingerprint density at radius 1 is 1.20 bits per heavy atom. The fourth-order valence-corrected chi connectivity index (χ4v) is 0.800. The molecule has 0 radical (unpaired) electrons. The van der Waals surface area contributed by atoms with Crippen LogP contribution in [0.15, 0.2) is 18.2 Å². The van der Waals surface area contributed by atoms with Crippen LogP contribution in [0.25, 0.3) is 0 Å². The molecule has 0 aliphatic carbocycles. The molecule has 0 bridgehead atoms. The van der Waals surface area contributed by atoms with Gasteiger partial charge in [0.1, 0.15) is 5.69 Å². The highest BCUT2D eigenvalue weighted by Gasteiger charge is 1.93. The Bertz CT molecular complexity index is 220. The maximum Gasteiger partial charge on any atom is 0.131 e. The number of halogens is 1. The molecule has 0 aliphatic heterocycles. The SMILES string of the molecule is Cc1ccc(C)c([NH3+])c1.[Br-]. The topological polar surface area (TPSA) is 27.6 Å². The minimum Gasteiger partial charge on any atom is -1.00 e. The van der Waals surface area contributed by atoms with E-state index in [0.717, 1.165) is 5.69 Å². The van der Waals surface area contributed by atoms with Crippen molar-refractivity contribution >= 4 is 5.69 Å². The zero-order valence-electron chi connectivity index (χ0n) is 6.32. The van der Waals surface area contributed by atoms with Gasteiger partial charge in [0.05, 0.1) is 0 Å². The standard InChI is InChI=1S/C8H11N.BrH/c1-6-3-4-7(2)8(9)5-6;/h3-5H,9H2,1-2H3;1H. The Hall–Kier alpha value is -0.340. The Kier molecular flexibility index (Phi) is 3.61. The van der Waals surface area contributed by atoms with E-state index in [1.54, 1.807) is 0 Å². The van der Waals surface area contributed by atoms with E-state index >= 15 is 0 Å². The van der Waals surface area contributed by atoms with Gasteiger partial charge < -0.3 is 22.7 Å². The summed E-state index contributed by atoms with van der Waals surface area (Å²) in [6.07, 6.45) is 0. The van der Waals surface area contributed by atoms with E-state index in [9.17, 15) is 0 Å². The van der Waals surface area contributed by atoms with Crippen molar-refractivity contribution in [2.24, 2.45) is 0 Å². The van der Waals surface area contributed by atoms with Crippen LogP contribution in [0.5, 0.6) is 0 Å². The normalized spacial score (nSPS) is 8.70. The minimum absolute atomic E-state index is 0. The summed E-state index contributed by atoms with van der Waals surface area (Å²) in [5, 5.41) is 0. The molecular weight excluding hydrogens is 190 g/mol. The predicted molar refractivity (Wildman–Crippen MR) is 38.5 cm³/mol.